The minimum Gasteiger partial charge on any atom is -0.478 e. The molecule has 3 rings (SSSR count). The molecule has 0 atom stereocenters. The number of carbonyl (C=O) groups is 2. The third kappa shape index (κ3) is 2.44. The zero-order valence-corrected chi connectivity index (χ0v) is 12.8. The van der Waals surface area contributed by atoms with E-state index in [-0.39, 0.29) is 11.3 Å². The molecule has 10 heteroatoms. The Balaban J connectivity index is 1.92. The highest BCUT2D eigenvalue weighted by atomic mass is 79.9. The number of carboxylic acid groups (broad SMARTS) is 1. The van der Waals surface area contributed by atoms with Gasteiger partial charge in [-0.2, -0.15) is 5.10 Å². The van der Waals surface area contributed by atoms with Crippen LogP contribution in [0.2, 0.25) is 0 Å². The first-order valence-corrected chi connectivity index (χ1v) is 6.83. The number of nitrogens with zero attached hydrogens (tertiary/aromatic N) is 5. The van der Waals surface area contributed by atoms with Crippen LogP contribution >= 0.6 is 15.9 Å². The van der Waals surface area contributed by atoms with Crippen LogP contribution in [-0.4, -0.2) is 41.4 Å². The number of aromatic nitrogens is 5. The maximum Gasteiger partial charge on any atom is 0.339 e. The molecule has 0 bridgehead atoms. The normalized spacial score (nSPS) is 10.8. The minimum absolute atomic E-state index is 0.0324. The summed E-state index contributed by atoms with van der Waals surface area (Å²) in [5.74, 6) is -1.78. The molecule has 1 amide bonds. The molecule has 0 unspecified atom stereocenters. The molecule has 0 aromatic carbocycles. The van der Waals surface area contributed by atoms with Gasteiger partial charge in [0.2, 0.25) is 4.73 Å². The van der Waals surface area contributed by atoms with Gasteiger partial charge in [0.1, 0.15) is 11.3 Å². The van der Waals surface area contributed by atoms with Crippen molar-refractivity contribution in [2.24, 2.45) is 7.05 Å². The number of pyridine rings is 1. The highest BCUT2D eigenvalue weighted by Crippen LogP contribution is 2.15. The van der Waals surface area contributed by atoms with E-state index >= 15 is 0 Å². The largest absolute Gasteiger partial charge is 0.478 e. The van der Waals surface area contributed by atoms with Crippen molar-refractivity contribution in [3.8, 4) is 0 Å². The number of carboxylic acids is 1. The summed E-state index contributed by atoms with van der Waals surface area (Å²) in [6.45, 7) is 0. The average molecular weight is 365 g/mol. The molecule has 2 N–H and O–H groups in total. The van der Waals surface area contributed by atoms with Gasteiger partial charge in [-0.25, -0.2) is 14.3 Å². The molecular formula is C12H9BrN6O3. The van der Waals surface area contributed by atoms with E-state index in [1.54, 1.807) is 18.3 Å². The Morgan fingerprint density at radius 2 is 2.18 bits per heavy atom. The van der Waals surface area contributed by atoms with Crippen molar-refractivity contribution < 1.29 is 14.7 Å². The number of hydrogen-bond acceptors (Lipinski definition) is 5. The van der Waals surface area contributed by atoms with Crippen molar-refractivity contribution in [3.05, 3.63) is 40.5 Å². The number of rotatable bonds is 3. The number of carbonyl (C=O) groups excluding carboxylic acids is 1. The Morgan fingerprint density at radius 1 is 1.41 bits per heavy atom. The number of aromatic carboxylic acids is 1. The van der Waals surface area contributed by atoms with E-state index in [9.17, 15) is 9.59 Å². The smallest absolute Gasteiger partial charge is 0.339 e. The maximum atomic E-state index is 12.3. The number of aryl methyl sites for hydroxylation is 1. The van der Waals surface area contributed by atoms with Crippen molar-refractivity contribution in [1.82, 2.24) is 24.4 Å². The first kappa shape index (κ1) is 14.2. The van der Waals surface area contributed by atoms with Crippen molar-refractivity contribution in [2.45, 2.75) is 0 Å². The van der Waals surface area contributed by atoms with Crippen LogP contribution in [0.25, 0.3) is 5.65 Å². The Kier molecular flexibility index (Phi) is 3.37. The summed E-state index contributed by atoms with van der Waals surface area (Å²) in [5, 5.41) is 19.5. The van der Waals surface area contributed by atoms with Crippen LogP contribution in [0.4, 0.5) is 5.69 Å². The molecule has 9 nitrogen and oxygen atoms in total. The maximum absolute atomic E-state index is 12.3. The molecule has 0 saturated carbocycles. The molecule has 3 heterocycles. The van der Waals surface area contributed by atoms with Gasteiger partial charge in [-0.15, -0.1) is 5.10 Å². The molecule has 0 saturated heterocycles. The summed E-state index contributed by atoms with van der Waals surface area (Å²) < 4.78 is 3.17. The van der Waals surface area contributed by atoms with Gasteiger partial charge in [0.05, 0.1) is 6.20 Å². The third-order valence-corrected chi connectivity index (χ3v) is 3.29. The average Bonchev–Trinajstić information content (AvgIpc) is 3.00. The molecule has 112 valence electrons. The Hall–Kier alpha value is -2.75. The molecule has 0 fully saturated rings. The van der Waals surface area contributed by atoms with E-state index in [0.29, 0.717) is 16.1 Å². The van der Waals surface area contributed by atoms with E-state index in [0.717, 1.165) is 6.20 Å². The highest BCUT2D eigenvalue weighted by molar-refractivity contribution is 9.10. The van der Waals surface area contributed by atoms with Gasteiger partial charge in [0.25, 0.3) is 5.91 Å². The fraction of sp³-hybridized carbons (Fsp3) is 0.0833. The second-order valence-electron chi connectivity index (χ2n) is 4.39. The quantitative estimate of drug-likeness (QED) is 0.720. The van der Waals surface area contributed by atoms with Gasteiger partial charge in [-0.1, -0.05) is 0 Å². The predicted molar refractivity (Wildman–Crippen MR) is 78.8 cm³/mol. The van der Waals surface area contributed by atoms with E-state index in [2.05, 4.69) is 36.4 Å². The highest BCUT2D eigenvalue weighted by Gasteiger charge is 2.21. The Bertz CT molecular complexity index is 900. The van der Waals surface area contributed by atoms with E-state index in [1.807, 2.05) is 0 Å². The number of amides is 1. The van der Waals surface area contributed by atoms with Gasteiger partial charge < -0.3 is 10.4 Å². The summed E-state index contributed by atoms with van der Waals surface area (Å²) in [4.78, 5) is 27.5. The van der Waals surface area contributed by atoms with Crippen LogP contribution < -0.4 is 5.32 Å². The van der Waals surface area contributed by atoms with Gasteiger partial charge in [0, 0.05) is 25.0 Å². The third-order valence-electron chi connectivity index (χ3n) is 2.95. The van der Waals surface area contributed by atoms with Crippen molar-refractivity contribution >= 4 is 39.1 Å². The summed E-state index contributed by atoms with van der Waals surface area (Å²) in [6.07, 6.45) is 2.76. The Morgan fingerprint density at radius 3 is 2.91 bits per heavy atom. The number of anilines is 1. The second kappa shape index (κ2) is 5.22. The molecule has 0 radical (unpaired) electrons. The first-order valence-electron chi connectivity index (χ1n) is 6.04. The van der Waals surface area contributed by atoms with Crippen LogP contribution in [0, 0.1) is 0 Å². The lowest BCUT2D eigenvalue weighted by Gasteiger charge is -2.06. The van der Waals surface area contributed by atoms with Gasteiger partial charge in [0.15, 0.2) is 5.65 Å². The summed E-state index contributed by atoms with van der Waals surface area (Å²) >= 11 is 3.16. The minimum atomic E-state index is -1.21. The standard InChI is InChI=1S/C12H9BrN6O3/c1-18-9(7(5-14-18)11(21)22)10(20)15-6-2-3-19-8(4-6)16-12(13)17-19/h2-5H,1H3,(H,15,20)(H,21,22). The SMILES string of the molecule is Cn1ncc(C(=O)O)c1C(=O)Nc1ccn2nc(Br)nc2c1. The van der Waals surface area contributed by atoms with Crippen molar-refractivity contribution in [1.29, 1.82) is 0 Å². The molecular weight excluding hydrogens is 356 g/mol. The summed E-state index contributed by atoms with van der Waals surface area (Å²) in [5.41, 5.74) is 0.810. The summed E-state index contributed by atoms with van der Waals surface area (Å²) in [7, 11) is 1.50. The zero-order valence-electron chi connectivity index (χ0n) is 11.2. The molecule has 3 aromatic heterocycles. The lowest BCUT2D eigenvalue weighted by Crippen LogP contribution is -2.19. The second-order valence-corrected chi connectivity index (χ2v) is 5.10. The molecule has 0 aliphatic heterocycles. The Labute approximate surface area is 131 Å². The van der Waals surface area contributed by atoms with Crippen LogP contribution in [-0.2, 0) is 7.05 Å². The zero-order chi connectivity index (χ0) is 15.9. The fourth-order valence-corrected chi connectivity index (χ4v) is 2.34. The van der Waals surface area contributed by atoms with Gasteiger partial charge >= 0.3 is 5.97 Å². The topological polar surface area (TPSA) is 114 Å². The van der Waals surface area contributed by atoms with E-state index in [1.165, 1.54) is 16.2 Å². The molecule has 3 aromatic rings. The number of halogens is 1. The van der Waals surface area contributed by atoms with Crippen LogP contribution in [0.5, 0.6) is 0 Å². The van der Waals surface area contributed by atoms with Crippen LogP contribution in [0.1, 0.15) is 20.8 Å². The monoisotopic (exact) mass is 364 g/mol. The predicted octanol–water partition coefficient (Wildman–Crippen LogP) is 1.18. The lowest BCUT2D eigenvalue weighted by molar-refractivity contribution is 0.0692. The summed E-state index contributed by atoms with van der Waals surface area (Å²) in [6, 6.07) is 3.25. The molecule has 0 spiro atoms. The van der Waals surface area contributed by atoms with Crippen molar-refractivity contribution in [3.63, 3.8) is 0 Å². The number of fused-ring (bicyclic) bond motifs is 1. The molecule has 22 heavy (non-hydrogen) atoms. The van der Waals surface area contributed by atoms with Crippen LogP contribution in [0.3, 0.4) is 0 Å². The van der Waals surface area contributed by atoms with E-state index < -0.39 is 11.9 Å². The lowest BCUT2D eigenvalue weighted by atomic mass is 10.2. The van der Waals surface area contributed by atoms with Gasteiger partial charge in [-0.05, 0) is 22.0 Å². The fourth-order valence-electron chi connectivity index (χ4n) is 1.99. The van der Waals surface area contributed by atoms with Crippen molar-refractivity contribution in [2.75, 3.05) is 5.32 Å². The van der Waals surface area contributed by atoms with Gasteiger partial charge in [-0.3, -0.25) is 9.48 Å². The molecule has 0 aliphatic carbocycles. The number of hydrogen-bond donors (Lipinski definition) is 2. The number of nitrogens with one attached hydrogen (secondary N) is 1. The van der Waals surface area contributed by atoms with Crippen LogP contribution in [0.15, 0.2) is 29.3 Å². The first-order chi connectivity index (χ1) is 10.5. The molecule has 0 aliphatic rings. The van der Waals surface area contributed by atoms with E-state index in [4.69, 9.17) is 5.11 Å².